The van der Waals surface area contributed by atoms with E-state index in [-0.39, 0.29) is 23.6 Å². The molecule has 1 heterocycles. The van der Waals surface area contributed by atoms with Gasteiger partial charge in [0.05, 0.1) is 25.3 Å². The maximum atomic E-state index is 12.6. The van der Waals surface area contributed by atoms with Crippen molar-refractivity contribution in [1.82, 2.24) is 5.32 Å². The number of rotatable bonds is 6. The summed E-state index contributed by atoms with van der Waals surface area (Å²) < 4.78 is 16.6. The predicted octanol–water partition coefficient (Wildman–Crippen LogP) is 2.36. The Morgan fingerprint density at radius 3 is 2.59 bits per heavy atom. The van der Waals surface area contributed by atoms with Gasteiger partial charge in [-0.3, -0.25) is 4.79 Å². The number of carbonyl (C=O) groups is 2. The number of ether oxygens (including phenoxy) is 3. The van der Waals surface area contributed by atoms with E-state index >= 15 is 0 Å². The Morgan fingerprint density at radius 1 is 1.11 bits per heavy atom. The number of nitrogens with one attached hydrogen (secondary N) is 1. The van der Waals surface area contributed by atoms with Crippen molar-refractivity contribution in [1.29, 1.82) is 0 Å². The summed E-state index contributed by atoms with van der Waals surface area (Å²) in [6.07, 6.45) is 0.247. The van der Waals surface area contributed by atoms with Crippen molar-refractivity contribution < 1.29 is 28.9 Å². The minimum Gasteiger partial charge on any atom is -0.497 e. The molecule has 0 spiro atoms. The van der Waals surface area contributed by atoms with Crippen molar-refractivity contribution in [3.63, 3.8) is 0 Å². The topological polar surface area (TPSA) is 94.1 Å². The molecule has 1 fully saturated rings. The first-order valence-electron chi connectivity index (χ1n) is 8.59. The lowest BCUT2D eigenvalue weighted by molar-refractivity contribution is -0.0135. The lowest BCUT2D eigenvalue weighted by Gasteiger charge is -2.32. The molecule has 0 bridgehead atoms. The maximum absolute atomic E-state index is 12.6. The number of carboxylic acid groups (broad SMARTS) is 1. The van der Waals surface area contributed by atoms with E-state index in [0.717, 1.165) is 0 Å². The number of benzene rings is 2. The quantitative estimate of drug-likeness (QED) is 0.810. The zero-order valence-electron chi connectivity index (χ0n) is 14.9. The normalized spacial score (nSPS) is 19.1. The summed E-state index contributed by atoms with van der Waals surface area (Å²) in [7, 11) is 1.55. The number of aromatic carboxylic acids is 1. The Labute approximate surface area is 156 Å². The molecule has 1 saturated heterocycles. The van der Waals surface area contributed by atoms with E-state index in [2.05, 4.69) is 5.32 Å². The van der Waals surface area contributed by atoms with E-state index < -0.39 is 5.97 Å². The second-order valence-corrected chi connectivity index (χ2v) is 6.16. The zero-order valence-corrected chi connectivity index (χ0v) is 14.9. The average Bonchev–Trinajstić information content (AvgIpc) is 2.70. The van der Waals surface area contributed by atoms with Gasteiger partial charge in [0, 0.05) is 12.2 Å². The first-order chi connectivity index (χ1) is 13.1. The molecule has 27 heavy (non-hydrogen) atoms. The fourth-order valence-electron chi connectivity index (χ4n) is 2.86. The molecule has 2 aromatic carbocycles. The zero-order chi connectivity index (χ0) is 19.2. The molecule has 142 valence electrons. The molecule has 1 aliphatic rings. The number of hydrogen-bond acceptors (Lipinski definition) is 5. The lowest BCUT2D eigenvalue weighted by Crippen LogP contribution is -2.51. The van der Waals surface area contributed by atoms with Gasteiger partial charge in [0.2, 0.25) is 0 Å². The molecule has 0 radical (unpaired) electrons. The summed E-state index contributed by atoms with van der Waals surface area (Å²) in [5.74, 6) is -0.0707. The fourth-order valence-corrected chi connectivity index (χ4v) is 2.86. The van der Waals surface area contributed by atoms with Gasteiger partial charge in [-0.25, -0.2) is 4.79 Å². The van der Waals surface area contributed by atoms with E-state index in [1.807, 2.05) is 0 Å². The van der Waals surface area contributed by atoms with Crippen LogP contribution in [0.15, 0.2) is 48.5 Å². The highest BCUT2D eigenvalue weighted by Gasteiger charge is 2.29. The van der Waals surface area contributed by atoms with Crippen LogP contribution in [0, 0.1) is 0 Å². The Hall–Kier alpha value is -3.06. The van der Waals surface area contributed by atoms with E-state index in [4.69, 9.17) is 19.3 Å². The molecule has 0 aliphatic carbocycles. The van der Waals surface area contributed by atoms with Gasteiger partial charge in [-0.15, -0.1) is 0 Å². The molecule has 0 aromatic heterocycles. The Balaban J connectivity index is 1.67. The van der Waals surface area contributed by atoms with Crippen LogP contribution < -0.4 is 14.8 Å². The largest absolute Gasteiger partial charge is 0.497 e. The van der Waals surface area contributed by atoms with Crippen LogP contribution in [-0.2, 0) is 4.74 Å². The van der Waals surface area contributed by atoms with Gasteiger partial charge in [-0.2, -0.15) is 0 Å². The molecule has 7 heteroatoms. The summed E-state index contributed by atoms with van der Waals surface area (Å²) in [6.45, 7) is 0.866. The van der Waals surface area contributed by atoms with Crippen molar-refractivity contribution in [3.8, 4) is 11.5 Å². The summed E-state index contributed by atoms with van der Waals surface area (Å²) >= 11 is 0. The van der Waals surface area contributed by atoms with E-state index in [9.17, 15) is 9.59 Å². The molecule has 1 aliphatic heterocycles. The molecule has 7 nitrogen and oxygen atoms in total. The van der Waals surface area contributed by atoms with Gasteiger partial charge in [-0.1, -0.05) is 6.07 Å². The molecule has 3 rings (SSSR count). The van der Waals surface area contributed by atoms with E-state index in [0.29, 0.717) is 36.7 Å². The molecule has 0 saturated carbocycles. The highest BCUT2D eigenvalue weighted by atomic mass is 16.5. The van der Waals surface area contributed by atoms with Crippen molar-refractivity contribution >= 4 is 11.9 Å². The van der Waals surface area contributed by atoms with E-state index in [1.54, 1.807) is 43.5 Å². The molecular formula is C20H21NO6. The molecule has 2 aromatic rings. The Morgan fingerprint density at radius 2 is 1.89 bits per heavy atom. The summed E-state index contributed by atoms with van der Waals surface area (Å²) in [5, 5.41) is 12.0. The van der Waals surface area contributed by atoms with Crippen molar-refractivity contribution in [3.05, 3.63) is 59.7 Å². The number of amides is 1. The molecule has 2 atom stereocenters. The van der Waals surface area contributed by atoms with Crippen LogP contribution in [0.25, 0.3) is 0 Å². The maximum Gasteiger partial charge on any atom is 0.335 e. The summed E-state index contributed by atoms with van der Waals surface area (Å²) in [5.41, 5.74) is 0.690. The standard InChI is InChI=1S/C20H21NO6/c1-25-16-4-2-3-14(11-16)19(22)21-17-9-10-26-12-18(17)27-15-7-5-13(6-8-15)20(23)24/h2-8,11,17-18H,9-10,12H2,1H3,(H,21,22)(H,23,24). The highest BCUT2D eigenvalue weighted by molar-refractivity contribution is 5.94. The third-order valence-corrected chi connectivity index (χ3v) is 4.34. The van der Waals surface area contributed by atoms with Gasteiger partial charge >= 0.3 is 5.97 Å². The SMILES string of the molecule is COc1cccc(C(=O)NC2CCOCC2Oc2ccc(C(=O)O)cc2)c1. The van der Waals surface area contributed by atoms with Crippen molar-refractivity contribution in [2.75, 3.05) is 20.3 Å². The van der Waals surface area contributed by atoms with Gasteiger partial charge in [-0.05, 0) is 48.9 Å². The third-order valence-electron chi connectivity index (χ3n) is 4.34. The Kier molecular flexibility index (Phi) is 5.93. The smallest absolute Gasteiger partial charge is 0.335 e. The number of hydrogen-bond donors (Lipinski definition) is 2. The second-order valence-electron chi connectivity index (χ2n) is 6.16. The highest BCUT2D eigenvalue weighted by Crippen LogP contribution is 2.20. The second kappa shape index (κ2) is 8.55. The van der Waals surface area contributed by atoms with Crippen LogP contribution in [0.2, 0.25) is 0 Å². The van der Waals surface area contributed by atoms with Crippen LogP contribution in [0.5, 0.6) is 11.5 Å². The van der Waals surface area contributed by atoms with Gasteiger partial charge < -0.3 is 24.6 Å². The fraction of sp³-hybridized carbons (Fsp3) is 0.300. The van der Waals surface area contributed by atoms with Gasteiger partial charge in [0.1, 0.15) is 17.6 Å². The van der Waals surface area contributed by atoms with Gasteiger partial charge in [0.15, 0.2) is 0 Å². The third kappa shape index (κ3) is 4.77. The van der Waals surface area contributed by atoms with Crippen LogP contribution in [0.4, 0.5) is 0 Å². The van der Waals surface area contributed by atoms with Crippen molar-refractivity contribution in [2.24, 2.45) is 0 Å². The molecular weight excluding hydrogens is 350 g/mol. The number of carbonyl (C=O) groups excluding carboxylic acids is 1. The van der Waals surface area contributed by atoms with Crippen LogP contribution >= 0.6 is 0 Å². The minimum absolute atomic E-state index is 0.185. The monoisotopic (exact) mass is 371 g/mol. The first-order valence-corrected chi connectivity index (χ1v) is 8.59. The minimum atomic E-state index is -0.994. The molecule has 2 unspecified atom stereocenters. The Bertz CT molecular complexity index is 804. The number of carboxylic acids is 1. The van der Waals surface area contributed by atoms with Crippen molar-refractivity contribution in [2.45, 2.75) is 18.6 Å². The predicted molar refractivity (Wildman–Crippen MR) is 97.5 cm³/mol. The summed E-state index contributed by atoms with van der Waals surface area (Å²) in [6, 6.07) is 12.9. The lowest BCUT2D eigenvalue weighted by atomic mass is 10.0. The molecule has 2 N–H and O–H groups in total. The van der Waals surface area contributed by atoms with Crippen LogP contribution in [-0.4, -0.2) is 49.5 Å². The number of methoxy groups -OCH3 is 1. The first kappa shape index (κ1) is 18.7. The van der Waals surface area contributed by atoms with E-state index in [1.165, 1.54) is 12.1 Å². The molecule has 1 amide bonds. The average molecular weight is 371 g/mol. The summed E-state index contributed by atoms with van der Waals surface area (Å²) in [4.78, 5) is 23.5. The van der Waals surface area contributed by atoms with Crippen LogP contribution in [0.1, 0.15) is 27.1 Å². The van der Waals surface area contributed by atoms with Crippen LogP contribution in [0.3, 0.4) is 0 Å². The van der Waals surface area contributed by atoms with Gasteiger partial charge in [0.25, 0.3) is 5.91 Å².